The van der Waals surface area contributed by atoms with Gasteiger partial charge in [-0.1, -0.05) is 35.8 Å². The number of fused-ring (bicyclic) bond motifs is 1. The number of halogens is 2. The molecule has 2 aromatic carbocycles. The van der Waals surface area contributed by atoms with Gasteiger partial charge >= 0.3 is 19.5 Å². The van der Waals surface area contributed by atoms with E-state index >= 15 is 0 Å². The zero-order chi connectivity index (χ0) is 32.3. The first kappa shape index (κ1) is 34.8. The molecule has 1 heterocycles. The summed E-state index contributed by atoms with van der Waals surface area (Å²) < 4.78 is 31.2. The molecule has 0 aliphatic heterocycles. The normalized spacial score (nSPS) is 14.8. The van der Waals surface area contributed by atoms with Gasteiger partial charge in [-0.15, -0.1) is 11.3 Å². The molecule has 0 saturated heterocycles. The molecule has 0 saturated carbocycles. The Morgan fingerprint density at radius 3 is 2.23 bits per heavy atom. The summed E-state index contributed by atoms with van der Waals surface area (Å²) in [5.74, 6) is -2.33. The van der Waals surface area contributed by atoms with Crippen LogP contribution in [0.15, 0.2) is 60.6 Å². The average Bonchev–Trinajstić information content (AvgIpc) is 3.28. The number of nitrogens with zero attached hydrogens (tertiary/aromatic N) is 1. The molecule has 13 heteroatoms. The first-order valence-electron chi connectivity index (χ1n) is 13.1. The largest absolute Gasteiger partial charge is 0.459 e. The maximum absolute atomic E-state index is 14.2. The van der Waals surface area contributed by atoms with Gasteiger partial charge in [0, 0.05) is 26.6 Å². The van der Waals surface area contributed by atoms with E-state index in [0.717, 1.165) is 4.90 Å². The van der Waals surface area contributed by atoms with Gasteiger partial charge in [0.1, 0.15) is 0 Å². The highest BCUT2D eigenvalue weighted by molar-refractivity contribution is 7.54. The van der Waals surface area contributed by atoms with Gasteiger partial charge in [0.2, 0.25) is 6.29 Å². The SMILES string of the molecule is C=CN(C(=O)C(c1csc2ccc(Cl)cc12)P(=O)(O)OC(COC(=O)C(C)(C)C)OC(=O)C(C)(C)C)c1cccc(Cl)c1. The van der Waals surface area contributed by atoms with Crippen LogP contribution in [0.25, 0.3) is 10.1 Å². The molecule has 43 heavy (non-hydrogen) atoms. The van der Waals surface area contributed by atoms with Crippen molar-refractivity contribution in [2.45, 2.75) is 53.5 Å². The molecular weight excluding hydrogens is 636 g/mol. The van der Waals surface area contributed by atoms with Crippen LogP contribution in [-0.2, 0) is 32.9 Å². The van der Waals surface area contributed by atoms with Crippen LogP contribution in [0.3, 0.4) is 0 Å². The standard InChI is InChI=1S/C30H34Cl2NO8PS/c1-8-33(20-11-9-10-18(31)14-20)26(34)25(22-17-43-23-13-12-19(32)15-21(22)23)42(37,38)41-24(40-28(36)30(5,6)7)16-39-27(35)29(2,3)4/h8-15,17,24-25H,1,16H2,2-7H3,(H,37,38). The Morgan fingerprint density at radius 1 is 1.02 bits per heavy atom. The topological polar surface area (TPSA) is 119 Å². The number of anilines is 1. The number of amides is 1. The lowest BCUT2D eigenvalue weighted by Crippen LogP contribution is -2.36. The molecular formula is C30H34Cl2NO8PS. The van der Waals surface area contributed by atoms with Crippen molar-refractivity contribution in [3.63, 3.8) is 0 Å². The summed E-state index contributed by atoms with van der Waals surface area (Å²) in [6.07, 6.45) is -0.633. The van der Waals surface area contributed by atoms with Gasteiger partial charge in [0.05, 0.1) is 10.8 Å². The lowest BCUT2D eigenvalue weighted by molar-refractivity contribution is -0.187. The average molecular weight is 671 g/mol. The zero-order valence-corrected chi connectivity index (χ0v) is 27.9. The van der Waals surface area contributed by atoms with Crippen LogP contribution < -0.4 is 4.90 Å². The molecule has 1 aromatic heterocycles. The Morgan fingerprint density at radius 2 is 1.65 bits per heavy atom. The summed E-state index contributed by atoms with van der Waals surface area (Å²) in [5.41, 5.74) is -3.36. The Balaban J connectivity index is 2.12. The van der Waals surface area contributed by atoms with Crippen LogP contribution in [-0.4, -0.2) is 35.6 Å². The second-order valence-corrected chi connectivity index (χ2v) is 15.3. The lowest BCUT2D eigenvalue weighted by atomic mass is 9.97. The molecule has 3 atom stereocenters. The number of ether oxygens (including phenoxy) is 2. The summed E-state index contributed by atoms with van der Waals surface area (Å²) in [6.45, 7) is 12.6. The number of hydrogen-bond acceptors (Lipinski definition) is 8. The van der Waals surface area contributed by atoms with Crippen molar-refractivity contribution >= 4 is 75.8 Å². The third-order valence-corrected chi connectivity index (χ3v) is 9.15. The first-order valence-corrected chi connectivity index (χ1v) is 16.4. The fourth-order valence-corrected chi connectivity index (χ4v) is 6.69. The molecule has 1 amide bonds. The maximum Gasteiger partial charge on any atom is 0.348 e. The molecule has 0 spiro atoms. The van der Waals surface area contributed by atoms with E-state index in [0.29, 0.717) is 20.1 Å². The minimum atomic E-state index is -5.11. The van der Waals surface area contributed by atoms with Crippen molar-refractivity contribution in [1.29, 1.82) is 0 Å². The Labute approximate surface area is 264 Å². The lowest BCUT2D eigenvalue weighted by Gasteiger charge is -2.30. The summed E-state index contributed by atoms with van der Waals surface area (Å²) in [4.78, 5) is 52.1. The Kier molecular flexibility index (Phi) is 10.9. The van der Waals surface area contributed by atoms with Crippen LogP contribution in [0.1, 0.15) is 52.8 Å². The molecule has 1 N–H and O–H groups in total. The van der Waals surface area contributed by atoms with E-state index in [-0.39, 0.29) is 11.3 Å². The van der Waals surface area contributed by atoms with Crippen molar-refractivity contribution in [3.05, 3.63) is 76.2 Å². The number of benzene rings is 2. The highest BCUT2D eigenvalue weighted by Crippen LogP contribution is 2.60. The van der Waals surface area contributed by atoms with E-state index in [2.05, 4.69) is 6.58 Å². The summed E-state index contributed by atoms with van der Waals surface area (Å²) in [7, 11) is -5.11. The van der Waals surface area contributed by atoms with Crippen LogP contribution in [0.2, 0.25) is 10.0 Å². The van der Waals surface area contributed by atoms with Crippen LogP contribution >= 0.6 is 42.1 Å². The van der Waals surface area contributed by atoms with Crippen molar-refractivity contribution in [2.24, 2.45) is 10.8 Å². The highest BCUT2D eigenvalue weighted by atomic mass is 35.5. The summed E-state index contributed by atoms with van der Waals surface area (Å²) >= 11 is 13.6. The first-order chi connectivity index (χ1) is 19.8. The van der Waals surface area contributed by atoms with Gasteiger partial charge in [-0.2, -0.15) is 0 Å². The fraction of sp³-hybridized carbons (Fsp3) is 0.367. The summed E-state index contributed by atoms with van der Waals surface area (Å²) in [6, 6.07) is 11.2. The fourth-order valence-electron chi connectivity index (χ4n) is 3.73. The van der Waals surface area contributed by atoms with Crippen molar-refractivity contribution in [3.8, 4) is 0 Å². The van der Waals surface area contributed by atoms with Crippen LogP contribution in [0, 0.1) is 10.8 Å². The van der Waals surface area contributed by atoms with Crippen molar-refractivity contribution < 1.29 is 37.8 Å². The number of rotatable bonds is 10. The molecule has 9 nitrogen and oxygen atoms in total. The van der Waals surface area contributed by atoms with E-state index in [9.17, 15) is 23.8 Å². The van der Waals surface area contributed by atoms with E-state index < -0.39 is 54.8 Å². The number of esters is 2. The van der Waals surface area contributed by atoms with Gasteiger partial charge in [0.25, 0.3) is 5.91 Å². The van der Waals surface area contributed by atoms with Gasteiger partial charge in [-0.25, -0.2) is 0 Å². The monoisotopic (exact) mass is 669 g/mol. The number of carbonyl (C=O) groups excluding carboxylic acids is 3. The third kappa shape index (κ3) is 8.69. The van der Waals surface area contributed by atoms with E-state index in [1.165, 1.54) is 23.6 Å². The van der Waals surface area contributed by atoms with E-state index in [1.807, 2.05) is 0 Å². The molecule has 232 valence electrons. The predicted octanol–water partition coefficient (Wildman–Crippen LogP) is 8.13. The molecule has 0 bridgehead atoms. The van der Waals surface area contributed by atoms with Gasteiger partial charge in [0.15, 0.2) is 12.3 Å². The number of thiophene rings is 1. The minimum Gasteiger partial charge on any atom is -0.459 e. The summed E-state index contributed by atoms with van der Waals surface area (Å²) in [5, 5.41) is 2.67. The second-order valence-electron chi connectivity index (χ2n) is 11.7. The highest BCUT2D eigenvalue weighted by Gasteiger charge is 2.46. The van der Waals surface area contributed by atoms with Crippen molar-refractivity contribution in [1.82, 2.24) is 0 Å². The van der Waals surface area contributed by atoms with Gasteiger partial charge in [-0.05, 0) is 94.3 Å². The Bertz CT molecular complexity index is 1580. The second kappa shape index (κ2) is 13.5. The predicted molar refractivity (Wildman–Crippen MR) is 169 cm³/mol. The van der Waals surface area contributed by atoms with Crippen LogP contribution in [0.5, 0.6) is 0 Å². The third-order valence-electron chi connectivity index (χ3n) is 6.01. The van der Waals surface area contributed by atoms with Crippen LogP contribution in [0.4, 0.5) is 5.69 Å². The maximum atomic E-state index is 14.2. The Hall–Kier alpha value is -2.72. The van der Waals surface area contributed by atoms with Gasteiger partial charge in [-0.3, -0.25) is 28.4 Å². The number of carbonyl (C=O) groups is 3. The minimum absolute atomic E-state index is 0.153. The molecule has 3 unspecified atom stereocenters. The molecule has 3 rings (SSSR count). The molecule has 0 fully saturated rings. The number of hydrogen-bond donors (Lipinski definition) is 1. The molecule has 0 aliphatic rings. The van der Waals surface area contributed by atoms with E-state index in [1.54, 1.807) is 83.3 Å². The van der Waals surface area contributed by atoms with Gasteiger partial charge < -0.3 is 14.4 Å². The van der Waals surface area contributed by atoms with E-state index in [4.69, 9.17) is 37.2 Å². The smallest absolute Gasteiger partial charge is 0.348 e. The molecule has 3 aromatic rings. The zero-order valence-electron chi connectivity index (χ0n) is 24.6. The van der Waals surface area contributed by atoms with Crippen molar-refractivity contribution in [2.75, 3.05) is 11.5 Å². The molecule has 0 aliphatic carbocycles. The molecule has 0 radical (unpaired) electrons. The quantitative estimate of drug-likeness (QED) is 0.131.